The lowest BCUT2D eigenvalue weighted by molar-refractivity contribution is -0.145. The van der Waals surface area contributed by atoms with Gasteiger partial charge in [0.2, 0.25) is 0 Å². The molecule has 1 heterocycles. The zero-order valence-corrected chi connectivity index (χ0v) is 16.9. The Balaban J connectivity index is 2.98. The maximum atomic E-state index is 12.6. The van der Waals surface area contributed by atoms with Gasteiger partial charge in [-0.3, -0.25) is 9.69 Å². The van der Waals surface area contributed by atoms with Crippen LogP contribution in [0, 0.1) is 11.8 Å². The number of methoxy groups -OCH3 is 1. The second-order valence-electron chi connectivity index (χ2n) is 7.85. The normalized spacial score (nSPS) is 22.0. The van der Waals surface area contributed by atoms with E-state index in [9.17, 15) is 9.59 Å². The van der Waals surface area contributed by atoms with Crippen molar-refractivity contribution in [3.63, 3.8) is 0 Å². The molecule has 6 heteroatoms. The van der Waals surface area contributed by atoms with Gasteiger partial charge in [-0.05, 0) is 40.5 Å². The molecule has 0 aromatic rings. The minimum atomic E-state index is -0.541. The summed E-state index contributed by atoms with van der Waals surface area (Å²) in [6.45, 7) is 13.6. The zero-order chi connectivity index (χ0) is 18.7. The van der Waals surface area contributed by atoms with Crippen LogP contribution < -0.4 is 0 Å². The number of carbonyl (C=O) groups excluding carboxylic acids is 2. The predicted molar refractivity (Wildman–Crippen MR) is 97.9 cm³/mol. The summed E-state index contributed by atoms with van der Waals surface area (Å²) in [6, 6.07) is -0.106. The van der Waals surface area contributed by atoms with Gasteiger partial charge in [0.05, 0.1) is 23.9 Å². The lowest BCUT2D eigenvalue weighted by Crippen LogP contribution is -2.48. The molecular weight excluding hydrogens is 326 g/mol. The van der Waals surface area contributed by atoms with Crippen LogP contribution in [0.5, 0.6) is 0 Å². The Morgan fingerprint density at radius 3 is 2.33 bits per heavy atom. The molecule has 1 aliphatic rings. The van der Waals surface area contributed by atoms with Gasteiger partial charge in [0, 0.05) is 5.75 Å². The Morgan fingerprint density at radius 2 is 1.88 bits per heavy atom. The Bertz CT molecular complexity index is 494. The predicted octanol–water partition coefficient (Wildman–Crippen LogP) is 4.08. The van der Waals surface area contributed by atoms with Gasteiger partial charge >= 0.3 is 12.1 Å². The highest BCUT2D eigenvalue weighted by atomic mass is 32.2. The van der Waals surface area contributed by atoms with Crippen LogP contribution in [0.2, 0.25) is 0 Å². The first-order valence-electron chi connectivity index (χ1n) is 8.31. The van der Waals surface area contributed by atoms with E-state index in [-0.39, 0.29) is 34.8 Å². The highest BCUT2D eigenvalue weighted by molar-refractivity contribution is 8.00. The SMILES string of the molecule is COC(=O)[C@H](/C=C/[C@@H]1CSC(C)(C)N1C(=O)OC(C)(C)C)C(C)C. The van der Waals surface area contributed by atoms with Crippen LogP contribution in [0.1, 0.15) is 48.5 Å². The minimum Gasteiger partial charge on any atom is -0.469 e. The maximum absolute atomic E-state index is 12.6. The quantitative estimate of drug-likeness (QED) is 0.560. The molecule has 0 bridgehead atoms. The summed E-state index contributed by atoms with van der Waals surface area (Å²) < 4.78 is 10.4. The third-order valence-corrected chi connectivity index (χ3v) is 5.25. The molecule has 0 aliphatic carbocycles. The molecule has 0 N–H and O–H groups in total. The standard InChI is InChI=1S/C18H31NO4S/c1-12(2)14(15(20)22-8)10-9-13-11-24-18(6,7)19(13)16(21)23-17(3,4)5/h9-10,12-14H,11H2,1-8H3/b10-9+/t13-,14-/m1/s1. The summed E-state index contributed by atoms with van der Waals surface area (Å²) in [7, 11) is 1.40. The van der Waals surface area contributed by atoms with E-state index in [1.54, 1.807) is 16.7 Å². The van der Waals surface area contributed by atoms with Gasteiger partial charge in [0.1, 0.15) is 5.60 Å². The van der Waals surface area contributed by atoms with Crippen LogP contribution in [-0.2, 0) is 14.3 Å². The summed E-state index contributed by atoms with van der Waals surface area (Å²) in [6.07, 6.45) is 3.47. The van der Waals surface area contributed by atoms with Crippen molar-refractivity contribution in [2.24, 2.45) is 11.8 Å². The Labute approximate surface area is 150 Å². The van der Waals surface area contributed by atoms with Crippen molar-refractivity contribution in [1.82, 2.24) is 4.90 Å². The Morgan fingerprint density at radius 1 is 1.29 bits per heavy atom. The van der Waals surface area contributed by atoms with Crippen LogP contribution in [0.15, 0.2) is 12.2 Å². The van der Waals surface area contributed by atoms with Crippen LogP contribution in [0.25, 0.3) is 0 Å². The molecule has 0 aromatic heterocycles. The summed E-state index contributed by atoms with van der Waals surface area (Å²) in [4.78, 5) is 25.9. The molecule has 138 valence electrons. The van der Waals surface area contributed by atoms with Gasteiger partial charge in [-0.2, -0.15) is 0 Å². The topological polar surface area (TPSA) is 55.8 Å². The van der Waals surface area contributed by atoms with Gasteiger partial charge in [0.25, 0.3) is 0 Å². The Kier molecular flexibility index (Phi) is 6.79. The molecule has 1 fully saturated rings. The molecule has 24 heavy (non-hydrogen) atoms. The molecule has 2 atom stereocenters. The van der Waals surface area contributed by atoms with Crippen molar-refractivity contribution < 1.29 is 19.1 Å². The van der Waals surface area contributed by atoms with Gasteiger partial charge in [-0.25, -0.2) is 4.79 Å². The molecule has 1 amide bonds. The van der Waals surface area contributed by atoms with Crippen LogP contribution in [-0.4, -0.2) is 46.3 Å². The van der Waals surface area contributed by atoms with Crippen LogP contribution in [0.3, 0.4) is 0 Å². The van der Waals surface area contributed by atoms with E-state index >= 15 is 0 Å². The van der Waals surface area contributed by atoms with Crippen molar-refractivity contribution in [2.75, 3.05) is 12.9 Å². The number of hydrogen-bond acceptors (Lipinski definition) is 5. The molecule has 0 saturated carbocycles. The molecule has 1 saturated heterocycles. The van der Waals surface area contributed by atoms with Gasteiger partial charge in [-0.15, -0.1) is 11.8 Å². The molecule has 1 rings (SSSR count). The smallest absolute Gasteiger partial charge is 0.411 e. The zero-order valence-electron chi connectivity index (χ0n) is 16.1. The first kappa shape index (κ1) is 20.9. The largest absolute Gasteiger partial charge is 0.469 e. The summed E-state index contributed by atoms with van der Waals surface area (Å²) in [5, 5.41) is 0. The number of carbonyl (C=O) groups is 2. The van der Waals surface area contributed by atoms with E-state index in [1.807, 2.05) is 60.6 Å². The fourth-order valence-corrected chi connectivity index (χ4v) is 3.79. The minimum absolute atomic E-state index is 0.106. The first-order chi connectivity index (χ1) is 10.9. The average Bonchev–Trinajstić information content (AvgIpc) is 2.71. The third kappa shape index (κ3) is 5.43. The summed E-state index contributed by atoms with van der Waals surface area (Å²) >= 11 is 1.70. The van der Waals surface area contributed by atoms with E-state index in [0.717, 1.165) is 5.75 Å². The number of ether oxygens (including phenoxy) is 2. The number of rotatable bonds is 4. The average molecular weight is 358 g/mol. The van der Waals surface area contributed by atoms with Crippen molar-refractivity contribution in [1.29, 1.82) is 0 Å². The lowest BCUT2D eigenvalue weighted by atomic mass is 9.95. The van der Waals surface area contributed by atoms with Gasteiger partial charge < -0.3 is 9.47 Å². The molecule has 0 aromatic carbocycles. The van der Waals surface area contributed by atoms with Gasteiger partial charge in [-0.1, -0.05) is 26.0 Å². The third-order valence-electron chi connectivity index (χ3n) is 3.84. The van der Waals surface area contributed by atoms with E-state index in [0.29, 0.717) is 0 Å². The lowest BCUT2D eigenvalue weighted by Gasteiger charge is -2.35. The highest BCUT2D eigenvalue weighted by Crippen LogP contribution is 2.40. The van der Waals surface area contributed by atoms with E-state index in [4.69, 9.17) is 9.47 Å². The number of amides is 1. The molecule has 0 radical (unpaired) electrons. The van der Waals surface area contributed by atoms with E-state index < -0.39 is 5.60 Å². The number of hydrogen-bond donors (Lipinski definition) is 0. The van der Waals surface area contributed by atoms with Crippen molar-refractivity contribution in [3.05, 3.63) is 12.2 Å². The number of esters is 1. The molecular formula is C18H31NO4S. The van der Waals surface area contributed by atoms with E-state index in [2.05, 4.69) is 0 Å². The second kappa shape index (κ2) is 7.81. The fourth-order valence-electron chi connectivity index (χ4n) is 2.60. The second-order valence-corrected chi connectivity index (χ2v) is 9.47. The van der Waals surface area contributed by atoms with E-state index in [1.165, 1.54) is 7.11 Å². The summed E-state index contributed by atoms with van der Waals surface area (Å²) in [5.41, 5.74) is -0.541. The monoisotopic (exact) mass is 357 g/mol. The van der Waals surface area contributed by atoms with Gasteiger partial charge in [0.15, 0.2) is 0 Å². The maximum Gasteiger partial charge on any atom is 0.411 e. The van der Waals surface area contributed by atoms with Crippen molar-refractivity contribution >= 4 is 23.8 Å². The molecule has 1 aliphatic heterocycles. The first-order valence-corrected chi connectivity index (χ1v) is 9.30. The summed E-state index contributed by atoms with van der Waals surface area (Å²) in [5.74, 6) is 0.333. The molecule has 5 nitrogen and oxygen atoms in total. The van der Waals surface area contributed by atoms with Crippen molar-refractivity contribution in [3.8, 4) is 0 Å². The number of nitrogens with zero attached hydrogens (tertiary/aromatic N) is 1. The van der Waals surface area contributed by atoms with Crippen LogP contribution in [0.4, 0.5) is 4.79 Å². The van der Waals surface area contributed by atoms with Crippen molar-refractivity contribution in [2.45, 2.75) is 65.0 Å². The fraction of sp³-hybridized carbons (Fsp3) is 0.778. The highest BCUT2D eigenvalue weighted by Gasteiger charge is 2.44. The Hall–Kier alpha value is -1.17. The molecule has 0 spiro atoms. The molecule has 0 unspecified atom stereocenters. The van der Waals surface area contributed by atoms with Crippen LogP contribution >= 0.6 is 11.8 Å². The number of thioether (sulfide) groups is 1.